The standard InChI is InChI=1S/C14H25N3O5Si/c1-13(2,3)23(4,5)22-7-6-16-12(14(18)9-21-10-14)11(8-15-16)17(19)20/h8,18H,6-7,9-10H2,1-5H3. The fraction of sp³-hybridized carbons (Fsp3) is 0.786. The van der Waals surface area contributed by atoms with Gasteiger partial charge in [0.2, 0.25) is 0 Å². The molecule has 9 heteroatoms. The second kappa shape index (κ2) is 5.97. The van der Waals surface area contributed by atoms with Crippen molar-refractivity contribution >= 4 is 14.0 Å². The van der Waals surface area contributed by atoms with Gasteiger partial charge in [-0.15, -0.1) is 0 Å². The van der Waals surface area contributed by atoms with Gasteiger partial charge in [0.25, 0.3) is 0 Å². The molecule has 1 aromatic rings. The minimum Gasteiger partial charge on any atom is -0.415 e. The monoisotopic (exact) mass is 343 g/mol. The summed E-state index contributed by atoms with van der Waals surface area (Å²) in [5, 5.41) is 25.8. The SMILES string of the molecule is CC(C)(C)[Si](C)(C)OCCn1ncc([N+](=O)[O-])c1C1(O)COC1. The van der Waals surface area contributed by atoms with Crippen LogP contribution in [0.15, 0.2) is 6.20 Å². The van der Waals surface area contributed by atoms with Gasteiger partial charge in [-0.05, 0) is 18.1 Å². The van der Waals surface area contributed by atoms with E-state index in [1.165, 1.54) is 10.9 Å². The first-order valence-electron chi connectivity index (χ1n) is 7.63. The van der Waals surface area contributed by atoms with E-state index < -0.39 is 18.8 Å². The van der Waals surface area contributed by atoms with Crippen LogP contribution in [-0.2, 0) is 21.3 Å². The van der Waals surface area contributed by atoms with Gasteiger partial charge in [-0.3, -0.25) is 14.8 Å². The lowest BCUT2D eigenvalue weighted by molar-refractivity contribution is -0.388. The van der Waals surface area contributed by atoms with Crippen molar-refractivity contribution in [2.75, 3.05) is 19.8 Å². The summed E-state index contributed by atoms with van der Waals surface area (Å²) >= 11 is 0. The Morgan fingerprint density at radius 1 is 1.52 bits per heavy atom. The number of nitro groups is 1. The van der Waals surface area contributed by atoms with Crippen LogP contribution >= 0.6 is 0 Å². The molecule has 0 amide bonds. The van der Waals surface area contributed by atoms with Gasteiger partial charge in [0.1, 0.15) is 6.20 Å². The van der Waals surface area contributed by atoms with E-state index in [2.05, 4.69) is 39.0 Å². The molecule has 0 spiro atoms. The predicted molar refractivity (Wildman–Crippen MR) is 86.7 cm³/mol. The lowest BCUT2D eigenvalue weighted by Crippen LogP contribution is -2.48. The normalized spacial score (nSPS) is 17.8. The fourth-order valence-electron chi connectivity index (χ4n) is 2.19. The molecular weight excluding hydrogens is 318 g/mol. The zero-order valence-corrected chi connectivity index (χ0v) is 15.3. The molecule has 1 aliphatic rings. The Morgan fingerprint density at radius 2 is 2.13 bits per heavy atom. The smallest absolute Gasteiger partial charge is 0.313 e. The van der Waals surface area contributed by atoms with Crippen LogP contribution in [0.1, 0.15) is 26.5 Å². The van der Waals surface area contributed by atoms with Gasteiger partial charge in [-0.1, -0.05) is 20.8 Å². The molecule has 130 valence electrons. The molecule has 0 aromatic carbocycles. The lowest BCUT2D eigenvalue weighted by atomic mass is 9.96. The van der Waals surface area contributed by atoms with Crippen LogP contribution in [0.5, 0.6) is 0 Å². The molecule has 1 aliphatic heterocycles. The Bertz CT molecular complexity index is 590. The third-order valence-electron chi connectivity index (χ3n) is 4.71. The number of aliphatic hydroxyl groups is 1. The maximum atomic E-state index is 11.2. The predicted octanol–water partition coefficient (Wildman–Crippen LogP) is 2.03. The summed E-state index contributed by atoms with van der Waals surface area (Å²) in [5.74, 6) is 0. The highest BCUT2D eigenvalue weighted by Gasteiger charge is 2.46. The third-order valence-corrected chi connectivity index (χ3v) is 9.25. The average Bonchev–Trinajstić information content (AvgIpc) is 2.78. The fourth-order valence-corrected chi connectivity index (χ4v) is 3.23. The molecule has 1 saturated heterocycles. The van der Waals surface area contributed by atoms with Crippen molar-refractivity contribution in [2.45, 2.75) is 51.0 Å². The Hall–Kier alpha value is -1.29. The number of nitrogens with zero attached hydrogens (tertiary/aromatic N) is 3. The quantitative estimate of drug-likeness (QED) is 0.482. The van der Waals surface area contributed by atoms with Gasteiger partial charge >= 0.3 is 5.69 Å². The molecule has 0 radical (unpaired) electrons. The van der Waals surface area contributed by atoms with Crippen molar-refractivity contribution in [1.29, 1.82) is 0 Å². The van der Waals surface area contributed by atoms with Crippen molar-refractivity contribution in [3.05, 3.63) is 22.0 Å². The van der Waals surface area contributed by atoms with Crippen LogP contribution in [-0.4, -0.2) is 47.9 Å². The van der Waals surface area contributed by atoms with Crippen LogP contribution in [0.3, 0.4) is 0 Å². The molecule has 0 bridgehead atoms. The van der Waals surface area contributed by atoms with Gasteiger partial charge in [0.15, 0.2) is 19.6 Å². The van der Waals surface area contributed by atoms with E-state index in [-0.39, 0.29) is 29.6 Å². The van der Waals surface area contributed by atoms with Crippen molar-refractivity contribution in [1.82, 2.24) is 9.78 Å². The van der Waals surface area contributed by atoms with Gasteiger partial charge < -0.3 is 14.3 Å². The maximum absolute atomic E-state index is 11.2. The highest BCUT2D eigenvalue weighted by atomic mass is 28.4. The number of hydrogen-bond donors (Lipinski definition) is 1. The number of ether oxygens (including phenoxy) is 1. The summed E-state index contributed by atoms with van der Waals surface area (Å²) in [6.45, 7) is 11.6. The van der Waals surface area contributed by atoms with E-state index in [0.29, 0.717) is 13.2 Å². The second-order valence-electron chi connectivity index (χ2n) is 7.49. The molecule has 1 aromatic heterocycles. The molecule has 0 unspecified atom stereocenters. The minimum absolute atomic E-state index is 0.0443. The Labute approximate surface area is 136 Å². The van der Waals surface area contributed by atoms with Crippen molar-refractivity contribution in [3.63, 3.8) is 0 Å². The Morgan fingerprint density at radius 3 is 2.57 bits per heavy atom. The summed E-state index contributed by atoms with van der Waals surface area (Å²) in [4.78, 5) is 10.6. The Kier molecular flexibility index (Phi) is 4.68. The topological polar surface area (TPSA) is 99.7 Å². The van der Waals surface area contributed by atoms with Gasteiger partial charge in [-0.25, -0.2) is 0 Å². The minimum atomic E-state index is -1.89. The third kappa shape index (κ3) is 3.47. The first-order chi connectivity index (χ1) is 10.5. The molecule has 8 nitrogen and oxygen atoms in total. The largest absolute Gasteiger partial charge is 0.415 e. The van der Waals surface area contributed by atoms with Crippen LogP contribution < -0.4 is 0 Å². The van der Waals surface area contributed by atoms with Crippen LogP contribution in [0.25, 0.3) is 0 Å². The second-order valence-corrected chi connectivity index (χ2v) is 12.3. The zero-order valence-electron chi connectivity index (χ0n) is 14.3. The summed E-state index contributed by atoms with van der Waals surface area (Å²) in [6.07, 6.45) is 1.18. The van der Waals surface area contributed by atoms with E-state index in [0.717, 1.165) is 0 Å². The first-order valence-corrected chi connectivity index (χ1v) is 10.5. The molecule has 23 heavy (non-hydrogen) atoms. The average molecular weight is 343 g/mol. The molecule has 2 rings (SSSR count). The van der Waals surface area contributed by atoms with Gasteiger partial charge in [0, 0.05) is 0 Å². The Balaban J connectivity index is 2.14. The maximum Gasteiger partial charge on any atom is 0.313 e. The van der Waals surface area contributed by atoms with Gasteiger partial charge in [-0.2, -0.15) is 5.10 Å². The number of rotatable bonds is 6. The molecule has 0 aliphatic carbocycles. The molecule has 1 N–H and O–H groups in total. The summed E-state index contributed by atoms with van der Waals surface area (Å²) in [5.41, 5.74) is -1.31. The van der Waals surface area contributed by atoms with Crippen molar-refractivity contribution in [3.8, 4) is 0 Å². The first kappa shape index (κ1) is 18.1. The highest BCUT2D eigenvalue weighted by molar-refractivity contribution is 6.74. The van der Waals surface area contributed by atoms with E-state index in [1.807, 2.05) is 0 Å². The lowest BCUT2D eigenvalue weighted by Gasteiger charge is -2.37. The summed E-state index contributed by atoms with van der Waals surface area (Å²) in [6, 6.07) is 0. The molecule has 0 saturated carbocycles. The molecule has 0 atom stereocenters. The summed E-state index contributed by atoms with van der Waals surface area (Å²) < 4.78 is 12.6. The number of hydrogen-bond acceptors (Lipinski definition) is 6. The zero-order chi connectivity index (χ0) is 17.5. The highest BCUT2D eigenvalue weighted by Crippen LogP contribution is 2.37. The molecule has 1 fully saturated rings. The summed E-state index contributed by atoms with van der Waals surface area (Å²) in [7, 11) is -1.89. The van der Waals surface area contributed by atoms with E-state index in [4.69, 9.17) is 9.16 Å². The molecule has 2 heterocycles. The van der Waals surface area contributed by atoms with Crippen LogP contribution in [0.2, 0.25) is 18.1 Å². The van der Waals surface area contributed by atoms with E-state index in [9.17, 15) is 15.2 Å². The van der Waals surface area contributed by atoms with Crippen molar-refractivity contribution in [2.24, 2.45) is 0 Å². The number of aromatic nitrogens is 2. The van der Waals surface area contributed by atoms with Crippen LogP contribution in [0.4, 0.5) is 5.69 Å². The van der Waals surface area contributed by atoms with E-state index in [1.54, 1.807) is 0 Å². The molecular formula is C14H25N3O5Si. The van der Waals surface area contributed by atoms with Crippen molar-refractivity contribution < 1.29 is 19.2 Å². The van der Waals surface area contributed by atoms with Crippen LogP contribution in [0, 0.1) is 10.1 Å². The van der Waals surface area contributed by atoms with Gasteiger partial charge in [0.05, 0.1) is 31.3 Å². The van der Waals surface area contributed by atoms with E-state index >= 15 is 0 Å².